The molecule has 1 heterocycles. The predicted molar refractivity (Wildman–Crippen MR) is 94.1 cm³/mol. The largest absolute Gasteiger partial charge is 0.463 e. The SMILES string of the molecule is N#C/C(=C\c1coc2ccc(Cl)cc2c1=O)c1ccc([N+](=O)[O-])cc1. The van der Waals surface area contributed by atoms with Crippen molar-refractivity contribution in [3.05, 3.63) is 85.2 Å². The number of fused-ring (bicyclic) bond motifs is 1. The van der Waals surface area contributed by atoms with Gasteiger partial charge in [0.15, 0.2) is 5.43 Å². The maximum atomic E-state index is 12.5. The van der Waals surface area contributed by atoms with E-state index in [-0.39, 0.29) is 22.3 Å². The van der Waals surface area contributed by atoms with E-state index in [0.717, 1.165) is 0 Å². The van der Waals surface area contributed by atoms with Crippen molar-refractivity contribution >= 4 is 39.9 Å². The Morgan fingerprint density at radius 3 is 2.60 bits per heavy atom. The first kappa shape index (κ1) is 16.4. The summed E-state index contributed by atoms with van der Waals surface area (Å²) in [5.74, 6) is 0. The van der Waals surface area contributed by atoms with Gasteiger partial charge in [-0.1, -0.05) is 11.6 Å². The number of nitrogens with zero attached hydrogens (tertiary/aromatic N) is 2. The standard InChI is InChI=1S/C18H9ClN2O4/c19-14-3-6-17-16(8-14)18(22)13(10-25-17)7-12(9-20)11-1-4-15(5-2-11)21(23)24/h1-8,10H/b12-7+. The van der Waals surface area contributed by atoms with Crippen molar-refractivity contribution in [3.63, 3.8) is 0 Å². The van der Waals surface area contributed by atoms with E-state index in [1.165, 1.54) is 42.7 Å². The van der Waals surface area contributed by atoms with E-state index >= 15 is 0 Å². The Labute approximate surface area is 146 Å². The number of hydrogen-bond donors (Lipinski definition) is 0. The number of rotatable bonds is 3. The molecule has 3 aromatic rings. The zero-order valence-corrected chi connectivity index (χ0v) is 13.4. The fraction of sp³-hybridized carbons (Fsp3) is 0. The molecule has 25 heavy (non-hydrogen) atoms. The van der Waals surface area contributed by atoms with Crippen molar-refractivity contribution in [2.45, 2.75) is 0 Å². The number of nitriles is 1. The van der Waals surface area contributed by atoms with Crippen LogP contribution in [-0.2, 0) is 0 Å². The molecule has 0 aliphatic carbocycles. The van der Waals surface area contributed by atoms with Gasteiger partial charge in [0.25, 0.3) is 5.69 Å². The molecule has 0 N–H and O–H groups in total. The van der Waals surface area contributed by atoms with Crippen molar-refractivity contribution in [1.29, 1.82) is 5.26 Å². The molecule has 0 spiro atoms. The fourth-order valence-corrected chi connectivity index (χ4v) is 2.49. The van der Waals surface area contributed by atoms with Crippen LogP contribution in [0.15, 0.2) is 57.9 Å². The highest BCUT2D eigenvalue weighted by atomic mass is 35.5. The topological polar surface area (TPSA) is 97.1 Å². The van der Waals surface area contributed by atoms with Crippen LogP contribution in [-0.4, -0.2) is 4.92 Å². The summed E-state index contributed by atoms with van der Waals surface area (Å²) in [4.78, 5) is 22.7. The maximum absolute atomic E-state index is 12.5. The van der Waals surface area contributed by atoms with Gasteiger partial charge in [-0.3, -0.25) is 14.9 Å². The molecule has 0 amide bonds. The van der Waals surface area contributed by atoms with E-state index in [9.17, 15) is 20.2 Å². The van der Waals surface area contributed by atoms with Gasteiger partial charge in [-0.2, -0.15) is 5.26 Å². The summed E-state index contributed by atoms with van der Waals surface area (Å²) in [5, 5.41) is 20.8. The quantitative estimate of drug-likeness (QED) is 0.395. The number of nitro benzene ring substituents is 1. The highest BCUT2D eigenvalue weighted by Crippen LogP contribution is 2.22. The molecule has 7 heteroatoms. The van der Waals surface area contributed by atoms with Gasteiger partial charge in [0.1, 0.15) is 11.8 Å². The molecule has 0 atom stereocenters. The summed E-state index contributed by atoms with van der Waals surface area (Å²) in [6, 6.07) is 12.2. The molecular weight excluding hydrogens is 344 g/mol. The lowest BCUT2D eigenvalue weighted by Gasteiger charge is -2.01. The lowest BCUT2D eigenvalue weighted by Crippen LogP contribution is -2.05. The molecule has 1 aromatic heterocycles. The Kier molecular flexibility index (Phi) is 4.33. The molecule has 2 aromatic carbocycles. The molecule has 0 saturated carbocycles. The molecule has 0 aliphatic rings. The lowest BCUT2D eigenvalue weighted by atomic mass is 10.0. The first-order chi connectivity index (χ1) is 12.0. The second-order valence-electron chi connectivity index (χ2n) is 5.13. The van der Waals surface area contributed by atoms with Crippen LogP contribution in [0.25, 0.3) is 22.6 Å². The van der Waals surface area contributed by atoms with E-state index in [2.05, 4.69) is 0 Å². The van der Waals surface area contributed by atoms with E-state index < -0.39 is 4.92 Å². The van der Waals surface area contributed by atoms with Crippen molar-refractivity contribution < 1.29 is 9.34 Å². The minimum atomic E-state index is -0.527. The third-order valence-corrected chi connectivity index (χ3v) is 3.81. The summed E-state index contributed by atoms with van der Waals surface area (Å²) >= 11 is 5.91. The van der Waals surface area contributed by atoms with Gasteiger partial charge in [0.2, 0.25) is 0 Å². The van der Waals surface area contributed by atoms with E-state index in [0.29, 0.717) is 21.6 Å². The molecule has 0 aliphatic heterocycles. The second-order valence-corrected chi connectivity index (χ2v) is 5.57. The monoisotopic (exact) mass is 352 g/mol. The highest BCUT2D eigenvalue weighted by molar-refractivity contribution is 6.31. The van der Waals surface area contributed by atoms with Gasteiger partial charge in [0.05, 0.1) is 27.5 Å². The van der Waals surface area contributed by atoms with Crippen LogP contribution in [0.5, 0.6) is 0 Å². The Bertz CT molecular complexity index is 1110. The number of non-ortho nitro benzene ring substituents is 1. The molecule has 0 bridgehead atoms. The Morgan fingerprint density at radius 2 is 1.96 bits per heavy atom. The summed E-state index contributed by atoms with van der Waals surface area (Å²) in [6.45, 7) is 0. The molecule has 3 rings (SSSR count). The lowest BCUT2D eigenvalue weighted by molar-refractivity contribution is -0.384. The minimum Gasteiger partial charge on any atom is -0.463 e. The van der Waals surface area contributed by atoms with Crippen molar-refractivity contribution in [2.24, 2.45) is 0 Å². The number of halogens is 1. The molecule has 0 fully saturated rings. The normalized spacial score (nSPS) is 11.3. The summed E-state index contributed by atoms with van der Waals surface area (Å²) in [7, 11) is 0. The van der Waals surface area contributed by atoms with Crippen LogP contribution < -0.4 is 5.43 Å². The zero-order chi connectivity index (χ0) is 18.0. The number of nitro groups is 1. The Balaban J connectivity index is 2.10. The van der Waals surface area contributed by atoms with Gasteiger partial charge in [-0.05, 0) is 42.0 Å². The summed E-state index contributed by atoms with van der Waals surface area (Å²) in [5.41, 5.74) is 0.812. The molecule has 6 nitrogen and oxygen atoms in total. The van der Waals surface area contributed by atoms with Gasteiger partial charge in [-0.15, -0.1) is 0 Å². The first-order valence-corrected chi connectivity index (χ1v) is 7.45. The Hall–Kier alpha value is -3.43. The van der Waals surface area contributed by atoms with Gasteiger partial charge >= 0.3 is 0 Å². The van der Waals surface area contributed by atoms with Gasteiger partial charge in [0, 0.05) is 17.2 Å². The second kappa shape index (κ2) is 6.59. The number of allylic oxidation sites excluding steroid dienone is 1. The Morgan fingerprint density at radius 1 is 1.24 bits per heavy atom. The van der Waals surface area contributed by atoms with E-state index in [1.54, 1.807) is 12.1 Å². The highest BCUT2D eigenvalue weighted by Gasteiger charge is 2.10. The molecular formula is C18H9ClN2O4. The predicted octanol–water partition coefficient (Wildman–Crippen LogP) is 4.42. The average molecular weight is 353 g/mol. The molecule has 0 radical (unpaired) electrons. The third-order valence-electron chi connectivity index (χ3n) is 3.57. The smallest absolute Gasteiger partial charge is 0.269 e. The third kappa shape index (κ3) is 3.27. The summed E-state index contributed by atoms with van der Waals surface area (Å²) < 4.78 is 5.41. The number of benzene rings is 2. The maximum Gasteiger partial charge on any atom is 0.269 e. The van der Waals surface area contributed by atoms with Crippen LogP contribution in [0.1, 0.15) is 11.1 Å². The van der Waals surface area contributed by atoms with Crippen molar-refractivity contribution in [1.82, 2.24) is 0 Å². The van der Waals surface area contributed by atoms with Crippen molar-refractivity contribution in [3.8, 4) is 6.07 Å². The van der Waals surface area contributed by atoms with Crippen molar-refractivity contribution in [2.75, 3.05) is 0 Å². The first-order valence-electron chi connectivity index (χ1n) is 7.07. The van der Waals surface area contributed by atoms with Crippen LogP contribution in [0.2, 0.25) is 5.02 Å². The molecule has 0 unspecified atom stereocenters. The van der Waals surface area contributed by atoms with Crippen LogP contribution in [0, 0.1) is 21.4 Å². The number of hydrogen-bond acceptors (Lipinski definition) is 5. The average Bonchev–Trinajstić information content (AvgIpc) is 2.62. The van der Waals surface area contributed by atoms with Crippen LogP contribution in [0.3, 0.4) is 0 Å². The van der Waals surface area contributed by atoms with Gasteiger partial charge in [-0.25, -0.2) is 0 Å². The molecule has 0 saturated heterocycles. The summed E-state index contributed by atoms with van der Waals surface area (Å²) in [6.07, 6.45) is 2.65. The minimum absolute atomic E-state index is 0.0825. The fourth-order valence-electron chi connectivity index (χ4n) is 2.32. The van der Waals surface area contributed by atoms with Gasteiger partial charge < -0.3 is 4.42 Å². The van der Waals surface area contributed by atoms with Crippen LogP contribution >= 0.6 is 11.6 Å². The zero-order valence-electron chi connectivity index (χ0n) is 12.6. The van der Waals surface area contributed by atoms with E-state index in [4.69, 9.17) is 16.0 Å². The van der Waals surface area contributed by atoms with Crippen LogP contribution in [0.4, 0.5) is 5.69 Å². The van der Waals surface area contributed by atoms with E-state index in [1.807, 2.05) is 6.07 Å². The molecule has 122 valence electrons.